The molecule has 3 aromatic carbocycles. The normalized spacial score (nSPS) is 22.2. The number of halogens is 4. The number of carbonyl (C=O) groups excluding carboxylic acids is 1. The fourth-order valence-electron chi connectivity index (χ4n) is 7.74. The second kappa shape index (κ2) is 15.3. The first-order chi connectivity index (χ1) is 22.7. The highest BCUT2D eigenvalue weighted by molar-refractivity contribution is 5.76. The van der Waals surface area contributed by atoms with Gasteiger partial charge in [-0.15, -0.1) is 0 Å². The average Bonchev–Trinajstić information content (AvgIpc) is 3.46. The lowest BCUT2D eigenvalue weighted by atomic mass is 9.80. The van der Waals surface area contributed by atoms with Gasteiger partial charge in [-0.25, -0.2) is 17.6 Å². The maximum atomic E-state index is 14.8. The fraction of sp³-hybridized carbons (Fsp3) is 0.513. The molecule has 6 rings (SSSR count). The lowest BCUT2D eigenvalue weighted by Gasteiger charge is -2.35. The van der Waals surface area contributed by atoms with Gasteiger partial charge in [0, 0.05) is 37.5 Å². The molecule has 8 heteroatoms. The number of piperidine rings is 1. The second-order valence-electron chi connectivity index (χ2n) is 14.0. The van der Waals surface area contributed by atoms with Crippen LogP contribution in [-0.2, 0) is 22.1 Å². The summed E-state index contributed by atoms with van der Waals surface area (Å²) in [5.74, 6) is -2.93. The van der Waals surface area contributed by atoms with Gasteiger partial charge < -0.3 is 9.64 Å². The highest BCUT2D eigenvalue weighted by Crippen LogP contribution is 2.40. The van der Waals surface area contributed by atoms with Gasteiger partial charge in [0.05, 0.1) is 0 Å². The van der Waals surface area contributed by atoms with Gasteiger partial charge in [0.15, 0.2) is 0 Å². The second-order valence-corrected chi connectivity index (χ2v) is 14.0. The first-order valence-corrected chi connectivity index (χ1v) is 17.3. The van der Waals surface area contributed by atoms with Crippen molar-refractivity contribution in [2.45, 2.75) is 75.9 Å². The Morgan fingerprint density at radius 2 is 1.60 bits per heavy atom. The van der Waals surface area contributed by atoms with Crippen LogP contribution in [0, 0.1) is 29.4 Å². The van der Waals surface area contributed by atoms with E-state index in [1.165, 1.54) is 24.6 Å². The van der Waals surface area contributed by atoms with Gasteiger partial charge in [0.2, 0.25) is 0 Å². The van der Waals surface area contributed by atoms with E-state index in [1.54, 1.807) is 12.1 Å². The van der Waals surface area contributed by atoms with E-state index < -0.39 is 11.7 Å². The predicted octanol–water partition coefficient (Wildman–Crippen LogP) is 8.57. The van der Waals surface area contributed by atoms with Crippen LogP contribution in [0.25, 0.3) is 0 Å². The van der Waals surface area contributed by atoms with E-state index in [1.807, 2.05) is 36.4 Å². The van der Waals surface area contributed by atoms with Crippen LogP contribution in [0.3, 0.4) is 0 Å². The Kier molecular flexibility index (Phi) is 11.0. The minimum absolute atomic E-state index is 0.0728. The lowest BCUT2D eigenvalue weighted by molar-refractivity contribution is -0.152. The van der Waals surface area contributed by atoms with Crippen molar-refractivity contribution < 1.29 is 27.1 Å². The molecule has 0 radical (unpaired) electrons. The number of esters is 1. The van der Waals surface area contributed by atoms with Crippen LogP contribution in [0.2, 0.25) is 0 Å². The van der Waals surface area contributed by atoms with Gasteiger partial charge in [0.1, 0.15) is 24.3 Å². The quantitative estimate of drug-likeness (QED) is 0.137. The summed E-state index contributed by atoms with van der Waals surface area (Å²) in [6, 6.07) is 20.8. The fourth-order valence-corrected chi connectivity index (χ4v) is 7.74. The number of alkyl halides is 2. The Morgan fingerprint density at radius 3 is 2.28 bits per heavy atom. The number of likely N-dealkylation sites (tertiary alicyclic amines) is 2. The monoisotopic (exact) mass is 650 g/mol. The molecule has 2 aliphatic heterocycles. The largest absolute Gasteiger partial charge is 0.460 e. The first kappa shape index (κ1) is 33.7. The molecule has 0 bridgehead atoms. The molecule has 2 heterocycles. The Morgan fingerprint density at radius 1 is 0.851 bits per heavy atom. The summed E-state index contributed by atoms with van der Waals surface area (Å²) in [4.78, 5) is 18.4. The minimum Gasteiger partial charge on any atom is -0.460 e. The van der Waals surface area contributed by atoms with Crippen LogP contribution in [-0.4, -0.2) is 54.5 Å². The van der Waals surface area contributed by atoms with Gasteiger partial charge in [-0.3, -0.25) is 9.69 Å². The molecule has 47 heavy (non-hydrogen) atoms. The van der Waals surface area contributed by atoms with E-state index in [4.69, 9.17) is 4.74 Å². The number of ether oxygens (including phenoxy) is 1. The molecule has 3 unspecified atom stereocenters. The van der Waals surface area contributed by atoms with Crippen LogP contribution in [0.5, 0.6) is 0 Å². The molecule has 0 spiro atoms. The molecule has 2 saturated heterocycles. The molecule has 1 saturated carbocycles. The van der Waals surface area contributed by atoms with E-state index in [0.29, 0.717) is 18.9 Å². The molecule has 1 aliphatic carbocycles. The van der Waals surface area contributed by atoms with Crippen molar-refractivity contribution in [2.24, 2.45) is 17.8 Å². The summed E-state index contributed by atoms with van der Waals surface area (Å²) in [6.45, 7) is 4.10. The van der Waals surface area contributed by atoms with E-state index in [2.05, 4.69) is 9.80 Å². The van der Waals surface area contributed by atoms with Gasteiger partial charge >= 0.3 is 5.97 Å². The van der Waals surface area contributed by atoms with Crippen LogP contribution in [0.1, 0.15) is 74.0 Å². The topological polar surface area (TPSA) is 32.8 Å². The highest BCUT2D eigenvalue weighted by atomic mass is 19.3. The third-order valence-corrected chi connectivity index (χ3v) is 10.8. The molecule has 252 valence electrons. The van der Waals surface area contributed by atoms with E-state index in [0.717, 1.165) is 81.5 Å². The summed E-state index contributed by atoms with van der Waals surface area (Å²) in [5.41, 5.74) is 1.78. The third kappa shape index (κ3) is 8.82. The van der Waals surface area contributed by atoms with Crippen LogP contribution < -0.4 is 0 Å². The Balaban J connectivity index is 1.09. The SMILES string of the molecule is O=C(OCc1ccccc1)C(CC1CCC1)N1CC(CN2CCC(CCC(F)(F)c3ccc(F)cc3)CC2)C(c2cccc(F)c2)C1. The summed E-state index contributed by atoms with van der Waals surface area (Å²) < 4.78 is 63.2. The lowest BCUT2D eigenvalue weighted by Crippen LogP contribution is -2.44. The molecule has 3 aliphatic rings. The van der Waals surface area contributed by atoms with E-state index in [9.17, 15) is 22.4 Å². The van der Waals surface area contributed by atoms with Gasteiger partial charge in [0.25, 0.3) is 5.92 Å². The zero-order chi connectivity index (χ0) is 32.8. The van der Waals surface area contributed by atoms with Crippen LogP contribution >= 0.6 is 0 Å². The molecule has 0 N–H and O–H groups in total. The summed E-state index contributed by atoms with van der Waals surface area (Å²) in [6.07, 6.45) is 6.12. The first-order valence-electron chi connectivity index (χ1n) is 17.3. The van der Waals surface area contributed by atoms with Crippen molar-refractivity contribution in [1.82, 2.24) is 9.80 Å². The number of hydrogen-bond donors (Lipinski definition) is 0. The third-order valence-electron chi connectivity index (χ3n) is 10.8. The summed E-state index contributed by atoms with van der Waals surface area (Å²) in [5, 5.41) is 0. The van der Waals surface area contributed by atoms with Crippen molar-refractivity contribution in [3.05, 3.63) is 107 Å². The molecule has 3 atom stereocenters. The number of hydrogen-bond acceptors (Lipinski definition) is 4. The molecule has 0 aromatic heterocycles. The Bertz CT molecular complexity index is 1440. The molecule has 4 nitrogen and oxygen atoms in total. The predicted molar refractivity (Wildman–Crippen MR) is 175 cm³/mol. The molecular formula is C39H46F4N2O2. The van der Waals surface area contributed by atoms with Crippen molar-refractivity contribution in [3.8, 4) is 0 Å². The van der Waals surface area contributed by atoms with Gasteiger partial charge in [-0.2, -0.15) is 0 Å². The zero-order valence-corrected chi connectivity index (χ0v) is 27.0. The average molecular weight is 651 g/mol. The van der Waals surface area contributed by atoms with Crippen LogP contribution in [0.15, 0.2) is 78.9 Å². The Labute approximate surface area is 276 Å². The number of rotatable bonds is 13. The molecule has 3 fully saturated rings. The highest BCUT2D eigenvalue weighted by Gasteiger charge is 2.42. The zero-order valence-electron chi connectivity index (χ0n) is 27.0. The molecule has 0 amide bonds. The smallest absolute Gasteiger partial charge is 0.323 e. The van der Waals surface area contributed by atoms with E-state index >= 15 is 0 Å². The van der Waals surface area contributed by atoms with Gasteiger partial charge in [-0.05, 0) is 91.9 Å². The van der Waals surface area contributed by atoms with Crippen molar-refractivity contribution in [1.29, 1.82) is 0 Å². The van der Waals surface area contributed by atoms with Crippen molar-refractivity contribution >= 4 is 5.97 Å². The standard InChI is InChI=1S/C39H46F4N2O2/c40-34-14-12-33(13-15-34)39(42,43)19-16-28-17-20-44(21-18-28)24-32-25-45(26-36(32)31-10-5-11-35(41)23-31)37(22-29-8-4-9-29)38(46)47-27-30-6-2-1-3-7-30/h1-3,5-7,10-15,23,28-29,32,36-37H,4,8-9,16-22,24-27H2. The maximum absolute atomic E-state index is 14.8. The molecule has 3 aromatic rings. The van der Waals surface area contributed by atoms with Crippen molar-refractivity contribution in [3.63, 3.8) is 0 Å². The van der Waals surface area contributed by atoms with Crippen molar-refractivity contribution in [2.75, 3.05) is 32.7 Å². The minimum atomic E-state index is -2.98. The summed E-state index contributed by atoms with van der Waals surface area (Å²) in [7, 11) is 0. The number of nitrogens with zero attached hydrogens (tertiary/aromatic N) is 2. The number of benzene rings is 3. The van der Waals surface area contributed by atoms with E-state index in [-0.39, 0.29) is 54.2 Å². The maximum Gasteiger partial charge on any atom is 0.323 e. The summed E-state index contributed by atoms with van der Waals surface area (Å²) >= 11 is 0. The van der Waals surface area contributed by atoms with Gasteiger partial charge in [-0.1, -0.05) is 73.9 Å². The number of carbonyl (C=O) groups is 1. The Hall–Kier alpha value is -3.23. The van der Waals surface area contributed by atoms with Crippen LogP contribution in [0.4, 0.5) is 17.6 Å². The molecular weight excluding hydrogens is 604 g/mol.